The lowest BCUT2D eigenvalue weighted by molar-refractivity contribution is 0.470. The zero-order chi connectivity index (χ0) is 31.7. The van der Waals surface area contributed by atoms with E-state index in [0.717, 1.165) is 39.2 Å². The first-order valence-corrected chi connectivity index (χ1v) is 15.4. The largest absolute Gasteiger partial charge is 0.452 e. The van der Waals surface area contributed by atoms with E-state index in [-0.39, 0.29) is 0 Å². The highest BCUT2D eigenvalue weighted by Gasteiger charge is 2.29. The minimum Gasteiger partial charge on any atom is -0.452 e. The second-order valence-electron chi connectivity index (χ2n) is 11.4. The van der Waals surface area contributed by atoms with Gasteiger partial charge in [-0.3, -0.25) is 9.98 Å². The van der Waals surface area contributed by atoms with Gasteiger partial charge in [0.25, 0.3) is 0 Å². The summed E-state index contributed by atoms with van der Waals surface area (Å²) in [5.74, 6) is 1.26. The first kappa shape index (κ1) is 28.0. The van der Waals surface area contributed by atoms with Crippen LogP contribution in [0.15, 0.2) is 161 Å². The second-order valence-corrected chi connectivity index (χ2v) is 11.4. The number of allylic oxidation sites excluding steroid dienone is 1. The van der Waals surface area contributed by atoms with Crippen molar-refractivity contribution in [3.05, 3.63) is 174 Å². The Morgan fingerprint density at radius 1 is 0.702 bits per heavy atom. The third kappa shape index (κ3) is 4.99. The van der Waals surface area contributed by atoms with Crippen molar-refractivity contribution in [2.75, 3.05) is 0 Å². The van der Waals surface area contributed by atoms with Crippen molar-refractivity contribution in [1.82, 2.24) is 4.57 Å². The molecule has 0 aliphatic carbocycles. The van der Waals surface area contributed by atoms with Crippen molar-refractivity contribution >= 4 is 39.9 Å². The summed E-state index contributed by atoms with van der Waals surface area (Å²) >= 11 is 0. The molecule has 0 spiro atoms. The summed E-state index contributed by atoms with van der Waals surface area (Å²) < 4.78 is 8.82. The van der Waals surface area contributed by atoms with Crippen LogP contribution in [0.3, 0.4) is 0 Å². The molecule has 1 aliphatic rings. The Labute approximate surface area is 272 Å². The number of rotatable bonds is 6. The zero-order valence-electron chi connectivity index (χ0n) is 25.5. The van der Waals surface area contributed by atoms with Gasteiger partial charge >= 0.3 is 0 Å². The summed E-state index contributed by atoms with van der Waals surface area (Å²) in [5.41, 5.74) is 10.2. The van der Waals surface area contributed by atoms with E-state index in [1.54, 1.807) is 12.1 Å². The summed E-state index contributed by atoms with van der Waals surface area (Å²) in [6, 6.07) is 51.6. The lowest BCUT2D eigenvalue weighted by Crippen LogP contribution is -2.05. The fraction of sp³-hybridized carbons (Fsp3) is 0.0238. The molecule has 5 nitrogen and oxygen atoms in total. The Morgan fingerprint density at radius 2 is 1.38 bits per heavy atom. The maximum atomic E-state index is 9.32. The van der Waals surface area contributed by atoms with Crippen LogP contribution in [0.25, 0.3) is 44.3 Å². The first-order chi connectivity index (χ1) is 23.2. The number of hydrogen-bond donors (Lipinski definition) is 0. The molecule has 8 rings (SSSR count). The highest BCUT2D eigenvalue weighted by Crippen LogP contribution is 2.39. The molecule has 47 heavy (non-hydrogen) atoms. The van der Waals surface area contributed by atoms with Crippen LogP contribution < -0.4 is 4.74 Å². The summed E-state index contributed by atoms with van der Waals surface area (Å²) in [5, 5.41) is 11.8. The number of hydrogen-bond acceptors (Lipinski definition) is 4. The van der Waals surface area contributed by atoms with E-state index in [0.29, 0.717) is 29.3 Å². The number of nitriles is 1. The van der Waals surface area contributed by atoms with E-state index < -0.39 is 0 Å². The van der Waals surface area contributed by atoms with Gasteiger partial charge in [0.2, 0.25) is 0 Å². The number of nitrogens with zero attached hydrogens (tertiary/aromatic N) is 4. The van der Waals surface area contributed by atoms with Gasteiger partial charge in [-0.25, -0.2) is 0 Å². The quantitative estimate of drug-likeness (QED) is 0.177. The maximum Gasteiger partial charge on any atom is 0.179 e. The second kappa shape index (κ2) is 11.8. The minimum atomic E-state index is 0.480. The van der Waals surface area contributed by atoms with Crippen LogP contribution in [0.5, 0.6) is 5.75 Å². The highest BCUT2D eigenvalue weighted by molar-refractivity contribution is 6.20. The van der Waals surface area contributed by atoms with Crippen LogP contribution in [0.2, 0.25) is 0 Å². The van der Waals surface area contributed by atoms with E-state index in [1.807, 2.05) is 36.4 Å². The summed E-state index contributed by atoms with van der Waals surface area (Å²) in [4.78, 5) is 9.49. The van der Waals surface area contributed by atoms with Crippen LogP contribution in [0, 0.1) is 11.3 Å². The average molecular weight is 605 g/mol. The molecular weight excluding hydrogens is 576 g/mol. The summed E-state index contributed by atoms with van der Waals surface area (Å²) in [6.07, 6.45) is 0. The van der Waals surface area contributed by atoms with Crippen molar-refractivity contribution in [2.24, 2.45) is 9.98 Å². The van der Waals surface area contributed by atoms with Crippen molar-refractivity contribution < 1.29 is 4.74 Å². The van der Waals surface area contributed by atoms with Crippen molar-refractivity contribution in [3.63, 3.8) is 0 Å². The third-order valence-electron chi connectivity index (χ3n) is 8.60. The number of aliphatic imine (C=N–C) groups is 2. The fourth-order valence-corrected chi connectivity index (χ4v) is 6.36. The molecule has 0 bridgehead atoms. The van der Waals surface area contributed by atoms with E-state index in [9.17, 15) is 5.26 Å². The topological polar surface area (TPSA) is 62.7 Å². The van der Waals surface area contributed by atoms with Crippen LogP contribution in [-0.4, -0.2) is 17.0 Å². The Hall–Kier alpha value is -6.51. The van der Waals surface area contributed by atoms with Gasteiger partial charge in [0.1, 0.15) is 17.2 Å². The summed E-state index contributed by atoms with van der Waals surface area (Å²) in [6.45, 7) is 4.35. The molecular formula is C42H28N4O. The fourth-order valence-electron chi connectivity index (χ4n) is 6.36. The van der Waals surface area contributed by atoms with E-state index in [1.165, 1.54) is 21.8 Å². The molecule has 6 aromatic carbocycles. The smallest absolute Gasteiger partial charge is 0.179 e. The summed E-state index contributed by atoms with van der Waals surface area (Å²) in [7, 11) is 0. The molecule has 222 valence electrons. The maximum absolute atomic E-state index is 9.32. The standard InChI is InChI=1S/C42H28N4O/c1-44-40(30-20-18-28(26-43)19-21-30)42-41(45-27-29-10-3-2-4-11-29)36-25-32(22-23-39(36)47-42)31-12-9-13-33(24-31)46-37-16-7-5-14-34(37)35-15-6-8-17-38(35)46/h2-25H,1,27H2/b42-40+,45-41?. The Bertz CT molecular complexity index is 2370. The van der Waals surface area contributed by atoms with Crippen molar-refractivity contribution in [2.45, 2.75) is 6.54 Å². The third-order valence-corrected chi connectivity index (χ3v) is 8.60. The molecule has 1 aliphatic heterocycles. The van der Waals surface area contributed by atoms with Gasteiger partial charge in [-0.2, -0.15) is 5.26 Å². The first-order valence-electron chi connectivity index (χ1n) is 15.4. The Balaban J connectivity index is 1.25. The van der Waals surface area contributed by atoms with Gasteiger partial charge in [-0.15, -0.1) is 0 Å². The van der Waals surface area contributed by atoms with Gasteiger partial charge < -0.3 is 9.30 Å². The van der Waals surface area contributed by atoms with E-state index >= 15 is 0 Å². The number of benzene rings is 6. The van der Waals surface area contributed by atoms with Gasteiger partial charge in [0.05, 0.1) is 29.2 Å². The van der Waals surface area contributed by atoms with Crippen LogP contribution >= 0.6 is 0 Å². The molecule has 0 fully saturated rings. The molecule has 2 heterocycles. The number of aromatic nitrogens is 1. The Morgan fingerprint density at radius 3 is 2.09 bits per heavy atom. The zero-order valence-corrected chi connectivity index (χ0v) is 25.5. The van der Waals surface area contributed by atoms with Crippen molar-refractivity contribution in [3.8, 4) is 28.6 Å². The Kier molecular flexibility index (Phi) is 7.01. The minimum absolute atomic E-state index is 0.480. The molecule has 0 unspecified atom stereocenters. The monoisotopic (exact) mass is 604 g/mol. The molecule has 0 saturated heterocycles. The molecule has 5 heteroatoms. The van der Waals surface area contributed by atoms with Crippen LogP contribution in [0.4, 0.5) is 0 Å². The van der Waals surface area contributed by atoms with Gasteiger partial charge in [-0.1, -0.05) is 97.1 Å². The van der Waals surface area contributed by atoms with E-state index in [4.69, 9.17) is 9.73 Å². The molecule has 7 aromatic rings. The van der Waals surface area contributed by atoms with Gasteiger partial charge in [0, 0.05) is 27.6 Å². The van der Waals surface area contributed by atoms with Crippen LogP contribution in [0.1, 0.15) is 22.3 Å². The van der Waals surface area contributed by atoms with E-state index in [2.05, 4.69) is 119 Å². The molecule has 0 radical (unpaired) electrons. The molecule has 1 aromatic heterocycles. The lowest BCUT2D eigenvalue weighted by Gasteiger charge is -2.11. The van der Waals surface area contributed by atoms with Gasteiger partial charge in [0.15, 0.2) is 5.76 Å². The van der Waals surface area contributed by atoms with Crippen LogP contribution in [-0.2, 0) is 6.54 Å². The molecule has 0 atom stereocenters. The number of fused-ring (bicyclic) bond motifs is 4. The predicted octanol–water partition coefficient (Wildman–Crippen LogP) is 9.77. The number of para-hydroxylation sites is 2. The lowest BCUT2D eigenvalue weighted by atomic mass is 9.99. The molecule has 0 saturated carbocycles. The van der Waals surface area contributed by atoms with Crippen molar-refractivity contribution in [1.29, 1.82) is 5.26 Å². The van der Waals surface area contributed by atoms with Gasteiger partial charge in [-0.05, 0) is 71.9 Å². The molecule has 0 N–H and O–H groups in total. The normalized spacial score (nSPS) is 14.1. The number of ether oxygens (including phenoxy) is 1. The predicted molar refractivity (Wildman–Crippen MR) is 191 cm³/mol. The highest BCUT2D eigenvalue weighted by atomic mass is 16.5. The molecule has 0 amide bonds. The average Bonchev–Trinajstić information content (AvgIpc) is 3.67. The SMILES string of the molecule is C=N/C(=C1/Oc2ccc(-c3cccc(-n4c5ccccc5c5ccccc54)c3)cc2C1=NCc1ccccc1)c1ccc(C#N)cc1.